The Morgan fingerprint density at radius 1 is 1.19 bits per heavy atom. The van der Waals surface area contributed by atoms with E-state index in [2.05, 4.69) is 0 Å². The van der Waals surface area contributed by atoms with Gasteiger partial charge in [0.05, 0.1) is 11.8 Å². The van der Waals surface area contributed by atoms with Gasteiger partial charge in [0.25, 0.3) is 0 Å². The number of carbonyl (C=O) groups excluding carboxylic acids is 1. The highest BCUT2D eigenvalue weighted by atomic mass is 16.5. The molecule has 0 unspecified atom stereocenters. The Kier molecular flexibility index (Phi) is 7.60. The molecule has 0 bridgehead atoms. The molecule has 0 aliphatic rings. The van der Waals surface area contributed by atoms with Crippen LogP contribution in [0.15, 0.2) is 0 Å². The SMILES string of the molecule is CCCC(CCC)C(=O)OC[C@H](C)C(=O)O. The van der Waals surface area contributed by atoms with E-state index in [1.807, 2.05) is 13.8 Å². The molecule has 4 nitrogen and oxygen atoms in total. The Morgan fingerprint density at radius 2 is 1.69 bits per heavy atom. The van der Waals surface area contributed by atoms with Gasteiger partial charge in [-0.1, -0.05) is 26.7 Å². The van der Waals surface area contributed by atoms with Crippen LogP contribution in [0, 0.1) is 11.8 Å². The molecule has 0 aliphatic heterocycles. The van der Waals surface area contributed by atoms with Gasteiger partial charge in [0.1, 0.15) is 6.61 Å². The van der Waals surface area contributed by atoms with Gasteiger partial charge >= 0.3 is 11.9 Å². The van der Waals surface area contributed by atoms with Crippen molar-refractivity contribution in [3.63, 3.8) is 0 Å². The Hall–Kier alpha value is -1.06. The summed E-state index contributed by atoms with van der Waals surface area (Å²) in [5.41, 5.74) is 0. The second-order valence-electron chi connectivity index (χ2n) is 4.14. The number of carboxylic acids is 1. The second kappa shape index (κ2) is 8.13. The molecule has 0 saturated carbocycles. The molecule has 0 rings (SSSR count). The Labute approximate surface area is 97.0 Å². The van der Waals surface area contributed by atoms with Crippen LogP contribution in [0.2, 0.25) is 0 Å². The van der Waals surface area contributed by atoms with E-state index in [9.17, 15) is 9.59 Å². The maximum Gasteiger partial charge on any atom is 0.309 e. The number of carbonyl (C=O) groups is 2. The summed E-state index contributed by atoms with van der Waals surface area (Å²) in [6.45, 7) is 5.55. The third-order valence-electron chi connectivity index (χ3n) is 2.50. The van der Waals surface area contributed by atoms with Gasteiger partial charge in [-0.2, -0.15) is 0 Å². The first-order valence-corrected chi connectivity index (χ1v) is 5.92. The minimum Gasteiger partial charge on any atom is -0.481 e. The zero-order chi connectivity index (χ0) is 12.6. The van der Waals surface area contributed by atoms with Crippen LogP contribution in [0.5, 0.6) is 0 Å². The van der Waals surface area contributed by atoms with Crippen molar-refractivity contribution in [1.29, 1.82) is 0 Å². The lowest BCUT2D eigenvalue weighted by Gasteiger charge is -2.15. The van der Waals surface area contributed by atoms with Crippen LogP contribution in [0.4, 0.5) is 0 Å². The first kappa shape index (κ1) is 14.9. The summed E-state index contributed by atoms with van der Waals surface area (Å²) in [5.74, 6) is -1.89. The number of aliphatic carboxylic acids is 1. The highest BCUT2D eigenvalue weighted by Gasteiger charge is 2.20. The zero-order valence-corrected chi connectivity index (χ0v) is 10.4. The molecule has 0 fully saturated rings. The van der Waals surface area contributed by atoms with Crippen LogP contribution in [0.1, 0.15) is 46.5 Å². The van der Waals surface area contributed by atoms with Gasteiger partial charge in [-0.05, 0) is 19.8 Å². The lowest BCUT2D eigenvalue weighted by molar-refractivity contribution is -0.154. The van der Waals surface area contributed by atoms with E-state index < -0.39 is 11.9 Å². The van der Waals surface area contributed by atoms with E-state index in [0.29, 0.717) is 0 Å². The number of ether oxygens (including phenoxy) is 1. The molecule has 0 aliphatic carbocycles. The summed E-state index contributed by atoms with van der Waals surface area (Å²) in [4.78, 5) is 22.2. The van der Waals surface area contributed by atoms with Crippen molar-refractivity contribution in [2.75, 3.05) is 6.61 Å². The van der Waals surface area contributed by atoms with E-state index in [1.165, 1.54) is 6.92 Å². The predicted molar refractivity (Wildman–Crippen MR) is 61.1 cm³/mol. The average Bonchev–Trinajstić information content (AvgIpc) is 2.24. The van der Waals surface area contributed by atoms with Gasteiger partial charge in [0.2, 0.25) is 0 Å². The maximum atomic E-state index is 11.6. The molecule has 0 aromatic heterocycles. The minimum atomic E-state index is -0.935. The molecule has 1 N–H and O–H groups in total. The molecule has 16 heavy (non-hydrogen) atoms. The van der Waals surface area contributed by atoms with E-state index in [1.54, 1.807) is 0 Å². The van der Waals surface area contributed by atoms with Crippen molar-refractivity contribution in [3.8, 4) is 0 Å². The number of hydrogen-bond donors (Lipinski definition) is 1. The fourth-order valence-electron chi connectivity index (χ4n) is 1.47. The van der Waals surface area contributed by atoms with Crippen molar-refractivity contribution >= 4 is 11.9 Å². The number of rotatable bonds is 8. The molecule has 0 aromatic rings. The maximum absolute atomic E-state index is 11.6. The topological polar surface area (TPSA) is 63.6 Å². The van der Waals surface area contributed by atoms with Crippen LogP contribution in [0.3, 0.4) is 0 Å². The fraction of sp³-hybridized carbons (Fsp3) is 0.833. The van der Waals surface area contributed by atoms with Gasteiger partial charge in [-0.3, -0.25) is 9.59 Å². The van der Waals surface area contributed by atoms with E-state index in [-0.39, 0.29) is 18.5 Å². The molecule has 0 spiro atoms. The number of carboxylic acid groups (broad SMARTS) is 1. The molecule has 94 valence electrons. The number of hydrogen-bond acceptors (Lipinski definition) is 3. The Morgan fingerprint density at radius 3 is 2.06 bits per heavy atom. The van der Waals surface area contributed by atoms with Crippen molar-refractivity contribution in [2.24, 2.45) is 11.8 Å². The normalized spacial score (nSPS) is 12.5. The first-order chi connectivity index (χ1) is 7.52. The van der Waals surface area contributed by atoms with E-state index in [4.69, 9.17) is 9.84 Å². The third kappa shape index (κ3) is 5.73. The quantitative estimate of drug-likeness (QED) is 0.650. The standard InChI is InChI=1S/C12H22O4/c1-4-6-10(7-5-2)12(15)16-8-9(3)11(13)14/h9-10H,4-8H2,1-3H3,(H,13,14)/t9-/m0/s1. The molecule has 4 heteroatoms. The van der Waals surface area contributed by atoms with Gasteiger partial charge in [-0.15, -0.1) is 0 Å². The molecular formula is C12H22O4. The van der Waals surface area contributed by atoms with Crippen LogP contribution in [0.25, 0.3) is 0 Å². The van der Waals surface area contributed by atoms with Crippen LogP contribution in [-0.4, -0.2) is 23.7 Å². The van der Waals surface area contributed by atoms with Crippen molar-refractivity contribution in [3.05, 3.63) is 0 Å². The zero-order valence-electron chi connectivity index (χ0n) is 10.4. The van der Waals surface area contributed by atoms with E-state index in [0.717, 1.165) is 25.7 Å². The third-order valence-corrected chi connectivity index (χ3v) is 2.50. The van der Waals surface area contributed by atoms with E-state index >= 15 is 0 Å². The summed E-state index contributed by atoms with van der Waals surface area (Å²) in [7, 11) is 0. The van der Waals surface area contributed by atoms with Crippen LogP contribution < -0.4 is 0 Å². The molecule has 1 atom stereocenters. The Balaban J connectivity index is 4.04. The minimum absolute atomic E-state index is 0.0297. The molecule has 0 amide bonds. The van der Waals surface area contributed by atoms with Gasteiger partial charge in [0, 0.05) is 0 Å². The molecule has 0 heterocycles. The smallest absolute Gasteiger partial charge is 0.309 e. The molecular weight excluding hydrogens is 208 g/mol. The molecule has 0 aromatic carbocycles. The molecule has 0 saturated heterocycles. The van der Waals surface area contributed by atoms with Crippen LogP contribution >= 0.6 is 0 Å². The number of esters is 1. The van der Waals surface area contributed by atoms with Gasteiger partial charge in [0.15, 0.2) is 0 Å². The predicted octanol–water partition coefficient (Wildman–Crippen LogP) is 2.47. The average molecular weight is 230 g/mol. The Bertz CT molecular complexity index is 219. The second-order valence-corrected chi connectivity index (χ2v) is 4.14. The van der Waals surface area contributed by atoms with Crippen molar-refractivity contribution in [2.45, 2.75) is 46.5 Å². The summed E-state index contributed by atoms with van der Waals surface area (Å²) in [6.07, 6.45) is 3.50. The van der Waals surface area contributed by atoms with Gasteiger partial charge < -0.3 is 9.84 Å². The van der Waals surface area contributed by atoms with Gasteiger partial charge in [-0.25, -0.2) is 0 Å². The molecule has 0 radical (unpaired) electrons. The summed E-state index contributed by atoms with van der Waals surface area (Å²) < 4.78 is 5.01. The highest BCUT2D eigenvalue weighted by molar-refractivity contribution is 5.73. The van der Waals surface area contributed by atoms with Crippen molar-refractivity contribution in [1.82, 2.24) is 0 Å². The van der Waals surface area contributed by atoms with Crippen molar-refractivity contribution < 1.29 is 19.4 Å². The summed E-state index contributed by atoms with van der Waals surface area (Å²) in [5, 5.41) is 8.65. The monoisotopic (exact) mass is 230 g/mol. The fourth-order valence-corrected chi connectivity index (χ4v) is 1.47. The first-order valence-electron chi connectivity index (χ1n) is 5.92. The largest absolute Gasteiger partial charge is 0.481 e. The lowest BCUT2D eigenvalue weighted by atomic mass is 9.98. The summed E-state index contributed by atoms with van der Waals surface area (Å²) >= 11 is 0. The van der Waals surface area contributed by atoms with Crippen LogP contribution in [-0.2, 0) is 14.3 Å². The summed E-state index contributed by atoms with van der Waals surface area (Å²) in [6, 6.07) is 0. The lowest BCUT2D eigenvalue weighted by Crippen LogP contribution is -2.23. The highest BCUT2D eigenvalue weighted by Crippen LogP contribution is 2.15.